The lowest BCUT2D eigenvalue weighted by Gasteiger charge is -2.14. The predicted molar refractivity (Wildman–Crippen MR) is 81.0 cm³/mol. The van der Waals surface area contributed by atoms with Crippen LogP contribution in [-0.2, 0) is 11.2 Å². The summed E-state index contributed by atoms with van der Waals surface area (Å²) in [6.45, 7) is 6.02. The van der Waals surface area contributed by atoms with Gasteiger partial charge < -0.3 is 10.1 Å². The fourth-order valence-corrected chi connectivity index (χ4v) is 2.85. The third kappa shape index (κ3) is 3.12. The van der Waals surface area contributed by atoms with Crippen LogP contribution in [0.5, 0.6) is 0 Å². The Morgan fingerprint density at radius 1 is 1.44 bits per heavy atom. The molecule has 1 saturated heterocycles. The first kappa shape index (κ1) is 14.0. The number of halogens is 1. The number of hydrogen-bond acceptors (Lipinski definition) is 4. The first-order chi connectivity index (χ1) is 8.61. The van der Waals surface area contributed by atoms with Crippen molar-refractivity contribution in [2.24, 2.45) is 5.92 Å². The van der Waals surface area contributed by atoms with Gasteiger partial charge in [-0.1, -0.05) is 13.8 Å². The molecule has 0 aromatic carbocycles. The fourth-order valence-electron chi connectivity index (χ4n) is 2.12. The van der Waals surface area contributed by atoms with Crippen LogP contribution in [0.25, 0.3) is 0 Å². The second kappa shape index (κ2) is 6.14. The van der Waals surface area contributed by atoms with Crippen LogP contribution in [0.4, 0.5) is 5.82 Å². The summed E-state index contributed by atoms with van der Waals surface area (Å²) in [5.74, 6) is 2.85. The lowest BCUT2D eigenvalue weighted by molar-refractivity contribution is 0.193. The molecule has 0 saturated carbocycles. The summed E-state index contributed by atoms with van der Waals surface area (Å²) in [6, 6.07) is 0. The molecular formula is C13H20IN3O. The van der Waals surface area contributed by atoms with Crippen molar-refractivity contribution in [2.75, 3.05) is 25.6 Å². The highest BCUT2D eigenvalue weighted by Crippen LogP contribution is 2.27. The number of nitrogens with zero attached hydrogens (tertiary/aromatic N) is 2. The fraction of sp³-hybridized carbons (Fsp3) is 0.692. The summed E-state index contributed by atoms with van der Waals surface area (Å²) >= 11 is 2.34. The topological polar surface area (TPSA) is 47.0 Å². The molecule has 1 fully saturated rings. The van der Waals surface area contributed by atoms with Crippen molar-refractivity contribution in [1.29, 1.82) is 0 Å². The Morgan fingerprint density at radius 2 is 2.22 bits per heavy atom. The van der Waals surface area contributed by atoms with Crippen molar-refractivity contribution in [3.8, 4) is 0 Å². The molecule has 0 radical (unpaired) electrons. The van der Waals surface area contributed by atoms with Crippen LogP contribution in [0.1, 0.15) is 37.7 Å². The van der Waals surface area contributed by atoms with Gasteiger partial charge in [-0.2, -0.15) is 0 Å². The standard InChI is InChI=1S/C13H20IN3O/c1-8(2)6-10-11(14)13(15-3)17-12(16-10)9-4-5-18-7-9/h8-9H,4-7H2,1-3H3,(H,15,16,17). The van der Waals surface area contributed by atoms with E-state index in [-0.39, 0.29) is 0 Å². The van der Waals surface area contributed by atoms with Crippen LogP contribution >= 0.6 is 22.6 Å². The Hall–Kier alpha value is -0.430. The van der Waals surface area contributed by atoms with E-state index in [2.05, 4.69) is 46.7 Å². The number of rotatable bonds is 4. The molecule has 100 valence electrons. The first-order valence-electron chi connectivity index (χ1n) is 6.43. The average molecular weight is 361 g/mol. The van der Waals surface area contributed by atoms with E-state index < -0.39 is 0 Å². The third-order valence-corrected chi connectivity index (χ3v) is 4.20. The zero-order valence-corrected chi connectivity index (χ0v) is 13.3. The Bertz CT molecular complexity index is 417. The highest BCUT2D eigenvalue weighted by molar-refractivity contribution is 14.1. The number of hydrogen-bond donors (Lipinski definition) is 1. The van der Waals surface area contributed by atoms with E-state index in [1.165, 1.54) is 0 Å². The second-order valence-electron chi connectivity index (χ2n) is 5.10. The predicted octanol–water partition coefficient (Wildman–Crippen LogP) is 2.83. The number of aromatic nitrogens is 2. The van der Waals surface area contributed by atoms with E-state index in [9.17, 15) is 0 Å². The van der Waals surface area contributed by atoms with Gasteiger partial charge in [-0.25, -0.2) is 9.97 Å². The largest absolute Gasteiger partial charge is 0.381 e. The van der Waals surface area contributed by atoms with Gasteiger partial charge in [-0.05, 0) is 41.4 Å². The number of ether oxygens (including phenoxy) is 1. The zero-order chi connectivity index (χ0) is 13.1. The molecule has 5 heteroatoms. The van der Waals surface area contributed by atoms with Crippen molar-refractivity contribution in [1.82, 2.24) is 9.97 Å². The molecule has 1 N–H and O–H groups in total. The first-order valence-corrected chi connectivity index (χ1v) is 7.51. The summed E-state index contributed by atoms with van der Waals surface area (Å²) in [5.41, 5.74) is 1.16. The van der Waals surface area contributed by atoms with Gasteiger partial charge in [-0.3, -0.25) is 0 Å². The van der Waals surface area contributed by atoms with Crippen LogP contribution in [0.15, 0.2) is 0 Å². The van der Waals surface area contributed by atoms with Crippen molar-refractivity contribution in [2.45, 2.75) is 32.6 Å². The van der Waals surface area contributed by atoms with Crippen LogP contribution < -0.4 is 5.32 Å². The van der Waals surface area contributed by atoms with Gasteiger partial charge in [0.2, 0.25) is 0 Å². The molecule has 1 aliphatic rings. The molecule has 4 nitrogen and oxygen atoms in total. The van der Waals surface area contributed by atoms with E-state index in [0.717, 1.165) is 47.0 Å². The molecule has 1 atom stereocenters. The quantitative estimate of drug-likeness (QED) is 0.838. The minimum absolute atomic E-state index is 0.361. The Labute approximate surface area is 122 Å². The maximum atomic E-state index is 5.43. The third-order valence-electron chi connectivity index (χ3n) is 3.07. The Morgan fingerprint density at radius 3 is 2.78 bits per heavy atom. The monoisotopic (exact) mass is 361 g/mol. The van der Waals surface area contributed by atoms with Crippen LogP contribution in [-0.4, -0.2) is 30.2 Å². The average Bonchev–Trinajstić information content (AvgIpc) is 2.84. The van der Waals surface area contributed by atoms with Gasteiger partial charge in [0.05, 0.1) is 15.9 Å². The van der Waals surface area contributed by atoms with Crippen molar-refractivity contribution in [3.05, 3.63) is 15.1 Å². The Balaban J connectivity index is 2.35. The summed E-state index contributed by atoms with van der Waals surface area (Å²) in [5, 5.41) is 3.17. The van der Waals surface area contributed by atoms with Gasteiger partial charge in [0.15, 0.2) is 0 Å². The van der Waals surface area contributed by atoms with Gasteiger partial charge in [0.25, 0.3) is 0 Å². The molecule has 1 aliphatic heterocycles. The minimum Gasteiger partial charge on any atom is -0.381 e. The second-order valence-corrected chi connectivity index (χ2v) is 6.18. The molecule has 0 spiro atoms. The number of anilines is 1. The molecule has 0 bridgehead atoms. The Kier molecular flexibility index (Phi) is 4.77. The van der Waals surface area contributed by atoms with Crippen LogP contribution in [0.3, 0.4) is 0 Å². The maximum absolute atomic E-state index is 5.43. The van der Waals surface area contributed by atoms with E-state index in [1.54, 1.807) is 0 Å². The molecule has 1 unspecified atom stereocenters. The highest BCUT2D eigenvalue weighted by Gasteiger charge is 2.23. The molecule has 0 amide bonds. The summed E-state index contributed by atoms with van der Waals surface area (Å²) < 4.78 is 6.58. The van der Waals surface area contributed by atoms with Crippen LogP contribution in [0.2, 0.25) is 0 Å². The van der Waals surface area contributed by atoms with E-state index in [4.69, 9.17) is 9.72 Å². The van der Waals surface area contributed by atoms with Crippen molar-refractivity contribution in [3.63, 3.8) is 0 Å². The number of nitrogens with one attached hydrogen (secondary N) is 1. The molecule has 2 rings (SSSR count). The lowest BCUT2D eigenvalue weighted by Crippen LogP contribution is -2.12. The van der Waals surface area contributed by atoms with Gasteiger partial charge >= 0.3 is 0 Å². The smallest absolute Gasteiger partial charge is 0.143 e. The van der Waals surface area contributed by atoms with Crippen molar-refractivity contribution >= 4 is 28.4 Å². The summed E-state index contributed by atoms with van der Waals surface area (Å²) in [4.78, 5) is 9.40. The van der Waals surface area contributed by atoms with E-state index in [0.29, 0.717) is 11.8 Å². The molecular weight excluding hydrogens is 341 g/mol. The summed E-state index contributed by atoms with van der Waals surface area (Å²) in [7, 11) is 1.92. The molecule has 1 aromatic heterocycles. The van der Waals surface area contributed by atoms with Gasteiger partial charge in [0, 0.05) is 19.6 Å². The zero-order valence-electron chi connectivity index (χ0n) is 11.2. The molecule has 2 heterocycles. The maximum Gasteiger partial charge on any atom is 0.143 e. The highest BCUT2D eigenvalue weighted by atomic mass is 127. The van der Waals surface area contributed by atoms with Gasteiger partial charge in [0.1, 0.15) is 11.6 Å². The molecule has 1 aromatic rings. The van der Waals surface area contributed by atoms with Crippen LogP contribution in [0, 0.1) is 9.49 Å². The molecule has 18 heavy (non-hydrogen) atoms. The van der Waals surface area contributed by atoms with E-state index in [1.807, 2.05) is 7.05 Å². The molecule has 0 aliphatic carbocycles. The summed E-state index contributed by atoms with van der Waals surface area (Å²) in [6.07, 6.45) is 2.03. The lowest BCUT2D eigenvalue weighted by atomic mass is 10.1. The van der Waals surface area contributed by atoms with Crippen molar-refractivity contribution < 1.29 is 4.74 Å². The normalized spacial score (nSPS) is 19.5. The SMILES string of the molecule is CNc1nc(C2CCOC2)nc(CC(C)C)c1I. The minimum atomic E-state index is 0.361. The van der Waals surface area contributed by atoms with E-state index >= 15 is 0 Å². The van der Waals surface area contributed by atoms with Gasteiger partial charge in [-0.15, -0.1) is 0 Å².